The standard InChI is InChI=1S/C24H24F3N7O/c1-15-16(12-33-9-3-4-10-33)13-34(31-15)21-7-8-28-23(30-21)29-17-5-6-20-18(11-17)19(14-32(20)2)22(35)24(25,26)27/h5-8,11,13-14H,3-4,9-10,12H2,1-2H3,(H,28,29,30). The van der Waals surface area contributed by atoms with Gasteiger partial charge >= 0.3 is 6.18 Å². The minimum absolute atomic E-state index is 0.199. The summed E-state index contributed by atoms with van der Waals surface area (Å²) < 4.78 is 42.4. The van der Waals surface area contributed by atoms with E-state index in [4.69, 9.17) is 0 Å². The number of hydrogen-bond donors (Lipinski definition) is 1. The van der Waals surface area contributed by atoms with Crippen molar-refractivity contribution in [1.82, 2.24) is 29.2 Å². The number of nitrogens with zero attached hydrogens (tertiary/aromatic N) is 6. The molecular formula is C24H24F3N7O. The molecule has 182 valence electrons. The van der Waals surface area contributed by atoms with E-state index in [9.17, 15) is 18.0 Å². The van der Waals surface area contributed by atoms with E-state index in [0.717, 1.165) is 30.9 Å². The van der Waals surface area contributed by atoms with E-state index in [1.54, 1.807) is 36.1 Å². The van der Waals surface area contributed by atoms with Crippen molar-refractivity contribution in [2.75, 3.05) is 18.4 Å². The number of benzene rings is 1. The molecule has 1 saturated heterocycles. The number of anilines is 2. The fraction of sp³-hybridized carbons (Fsp3) is 0.333. The third-order valence-electron chi connectivity index (χ3n) is 6.22. The number of rotatable bonds is 6. The number of hydrogen-bond acceptors (Lipinski definition) is 6. The first-order valence-electron chi connectivity index (χ1n) is 11.3. The van der Waals surface area contributed by atoms with Crippen LogP contribution in [0, 0.1) is 6.92 Å². The molecule has 0 spiro atoms. The smallest absolute Gasteiger partial charge is 0.350 e. The van der Waals surface area contributed by atoms with Crippen LogP contribution >= 0.6 is 0 Å². The summed E-state index contributed by atoms with van der Waals surface area (Å²) in [7, 11) is 1.60. The first-order chi connectivity index (χ1) is 16.7. The Morgan fingerprint density at radius 2 is 1.91 bits per heavy atom. The van der Waals surface area contributed by atoms with Crippen molar-refractivity contribution in [3.05, 3.63) is 59.7 Å². The van der Waals surface area contributed by atoms with Gasteiger partial charge in [-0.25, -0.2) is 9.67 Å². The summed E-state index contributed by atoms with van der Waals surface area (Å²) in [5, 5.41) is 7.82. The van der Waals surface area contributed by atoms with Gasteiger partial charge in [-0.1, -0.05) is 0 Å². The van der Waals surface area contributed by atoms with Crippen LogP contribution in [0.5, 0.6) is 0 Å². The number of fused-ring (bicyclic) bond motifs is 1. The Hall–Kier alpha value is -3.73. The molecule has 0 saturated carbocycles. The van der Waals surface area contributed by atoms with Gasteiger partial charge in [-0.3, -0.25) is 9.69 Å². The van der Waals surface area contributed by atoms with E-state index in [2.05, 4.69) is 25.3 Å². The quantitative estimate of drug-likeness (QED) is 0.406. The van der Waals surface area contributed by atoms with Crippen LogP contribution in [0.2, 0.25) is 0 Å². The zero-order chi connectivity index (χ0) is 24.7. The van der Waals surface area contributed by atoms with Gasteiger partial charge in [0.05, 0.1) is 11.3 Å². The van der Waals surface area contributed by atoms with Crippen LogP contribution in [0.4, 0.5) is 24.8 Å². The number of carbonyl (C=O) groups excluding carboxylic acids is 1. The Bertz CT molecular complexity index is 1400. The maximum atomic E-state index is 13.1. The SMILES string of the molecule is Cc1nn(-c2ccnc(Nc3ccc4c(c3)c(C(=O)C(F)(F)F)cn4C)n2)cc1CN1CCCC1. The van der Waals surface area contributed by atoms with Crippen molar-refractivity contribution in [2.24, 2.45) is 7.05 Å². The lowest BCUT2D eigenvalue weighted by Gasteiger charge is -2.13. The van der Waals surface area contributed by atoms with E-state index >= 15 is 0 Å². The zero-order valence-corrected chi connectivity index (χ0v) is 19.3. The highest BCUT2D eigenvalue weighted by molar-refractivity contribution is 6.11. The van der Waals surface area contributed by atoms with Crippen molar-refractivity contribution in [3.8, 4) is 5.82 Å². The van der Waals surface area contributed by atoms with Gasteiger partial charge in [-0.2, -0.15) is 23.3 Å². The van der Waals surface area contributed by atoms with E-state index in [-0.39, 0.29) is 11.3 Å². The monoisotopic (exact) mass is 483 g/mol. The van der Waals surface area contributed by atoms with Gasteiger partial charge in [0.2, 0.25) is 5.95 Å². The third kappa shape index (κ3) is 4.63. The normalized spacial score (nSPS) is 14.7. The van der Waals surface area contributed by atoms with E-state index in [1.807, 2.05) is 13.1 Å². The topological polar surface area (TPSA) is 80.9 Å². The molecule has 0 atom stereocenters. The largest absolute Gasteiger partial charge is 0.454 e. The third-order valence-corrected chi connectivity index (χ3v) is 6.22. The molecule has 11 heteroatoms. The molecule has 1 aliphatic rings. The van der Waals surface area contributed by atoms with Crippen LogP contribution < -0.4 is 5.32 Å². The van der Waals surface area contributed by atoms with Crippen LogP contribution in [0.15, 0.2) is 42.9 Å². The molecule has 0 radical (unpaired) electrons. The van der Waals surface area contributed by atoms with Crippen molar-refractivity contribution >= 4 is 28.3 Å². The Labute approximate surface area is 199 Å². The summed E-state index contributed by atoms with van der Waals surface area (Å²) in [6.07, 6.45) is 2.22. The number of nitrogens with one attached hydrogen (secondary N) is 1. The number of ketones is 1. The Morgan fingerprint density at radius 1 is 1.14 bits per heavy atom. The number of aryl methyl sites for hydroxylation is 2. The number of carbonyl (C=O) groups is 1. The van der Waals surface area contributed by atoms with Gasteiger partial charge in [0.15, 0.2) is 5.82 Å². The van der Waals surface area contributed by atoms with Gasteiger partial charge < -0.3 is 9.88 Å². The molecule has 1 fully saturated rings. The molecule has 8 nitrogen and oxygen atoms in total. The average molecular weight is 483 g/mol. The van der Waals surface area contributed by atoms with E-state index in [0.29, 0.717) is 17.0 Å². The highest BCUT2D eigenvalue weighted by Crippen LogP contribution is 2.30. The second-order valence-electron chi connectivity index (χ2n) is 8.74. The lowest BCUT2D eigenvalue weighted by atomic mass is 10.1. The fourth-order valence-electron chi connectivity index (χ4n) is 4.42. The highest BCUT2D eigenvalue weighted by Gasteiger charge is 2.40. The molecule has 1 N–H and O–H groups in total. The maximum Gasteiger partial charge on any atom is 0.454 e. The van der Waals surface area contributed by atoms with Gasteiger partial charge in [0.1, 0.15) is 0 Å². The molecule has 5 rings (SSSR count). The lowest BCUT2D eigenvalue weighted by Crippen LogP contribution is -2.22. The molecule has 4 heterocycles. The summed E-state index contributed by atoms with van der Waals surface area (Å²) in [5.41, 5.74) is 2.64. The Kier molecular flexibility index (Phi) is 5.79. The van der Waals surface area contributed by atoms with E-state index in [1.165, 1.54) is 29.7 Å². The van der Waals surface area contributed by atoms with Crippen LogP contribution in [0.1, 0.15) is 34.5 Å². The second-order valence-corrected chi connectivity index (χ2v) is 8.74. The molecule has 0 aliphatic carbocycles. The number of Topliss-reactive ketones (excluding diaryl/α,β-unsaturated/α-hetero) is 1. The van der Waals surface area contributed by atoms with Gasteiger partial charge in [-0.05, 0) is 51.1 Å². The summed E-state index contributed by atoms with van der Waals surface area (Å²) >= 11 is 0. The van der Waals surface area contributed by atoms with Crippen LogP contribution in [-0.2, 0) is 13.6 Å². The maximum absolute atomic E-state index is 13.1. The van der Waals surface area contributed by atoms with Crippen molar-refractivity contribution < 1.29 is 18.0 Å². The Balaban J connectivity index is 1.41. The number of alkyl halides is 3. The molecule has 1 aliphatic heterocycles. The Morgan fingerprint density at radius 3 is 2.66 bits per heavy atom. The molecule has 35 heavy (non-hydrogen) atoms. The molecular weight excluding hydrogens is 459 g/mol. The van der Waals surface area contributed by atoms with Crippen LogP contribution in [-0.4, -0.2) is 54.3 Å². The van der Waals surface area contributed by atoms with Crippen molar-refractivity contribution in [2.45, 2.75) is 32.5 Å². The summed E-state index contributed by atoms with van der Waals surface area (Å²) in [6, 6.07) is 6.58. The molecule has 0 unspecified atom stereocenters. The zero-order valence-electron chi connectivity index (χ0n) is 19.3. The summed E-state index contributed by atoms with van der Waals surface area (Å²) in [5.74, 6) is -1.06. The lowest BCUT2D eigenvalue weighted by molar-refractivity contribution is -0.0884. The molecule has 3 aromatic heterocycles. The number of likely N-dealkylation sites (tertiary alicyclic amines) is 1. The molecule has 4 aromatic rings. The van der Waals surface area contributed by atoms with Gasteiger partial charge in [0, 0.05) is 60.4 Å². The number of aromatic nitrogens is 5. The minimum atomic E-state index is -4.95. The summed E-state index contributed by atoms with van der Waals surface area (Å²) in [6.45, 7) is 5.00. The first kappa shape index (κ1) is 23.0. The average Bonchev–Trinajstić information content (AvgIpc) is 3.53. The minimum Gasteiger partial charge on any atom is -0.350 e. The molecule has 0 amide bonds. The predicted octanol–water partition coefficient (Wildman–Crippen LogP) is 4.55. The first-order valence-corrected chi connectivity index (χ1v) is 11.3. The van der Waals surface area contributed by atoms with Crippen molar-refractivity contribution in [1.29, 1.82) is 0 Å². The van der Waals surface area contributed by atoms with Crippen LogP contribution in [0.3, 0.4) is 0 Å². The predicted molar refractivity (Wildman–Crippen MR) is 125 cm³/mol. The fourth-order valence-corrected chi connectivity index (χ4v) is 4.42. The second kappa shape index (κ2) is 8.81. The van der Waals surface area contributed by atoms with Gasteiger partial charge in [0.25, 0.3) is 5.78 Å². The molecule has 0 bridgehead atoms. The van der Waals surface area contributed by atoms with Crippen LogP contribution in [0.25, 0.3) is 16.7 Å². The molecule has 1 aromatic carbocycles. The highest BCUT2D eigenvalue weighted by atomic mass is 19.4. The van der Waals surface area contributed by atoms with Gasteiger partial charge in [-0.15, -0.1) is 0 Å². The number of halogens is 3. The van der Waals surface area contributed by atoms with Crippen molar-refractivity contribution in [3.63, 3.8) is 0 Å². The van der Waals surface area contributed by atoms with E-state index < -0.39 is 17.5 Å². The summed E-state index contributed by atoms with van der Waals surface area (Å²) in [4.78, 5) is 23.1.